The van der Waals surface area contributed by atoms with E-state index in [-0.39, 0.29) is 51.8 Å². The molecule has 1 aliphatic heterocycles. The number of hydrogen-bond donors (Lipinski definition) is 3. The van der Waals surface area contributed by atoms with Crippen LogP contribution in [-0.4, -0.2) is 63.2 Å². The summed E-state index contributed by atoms with van der Waals surface area (Å²) in [4.78, 5) is 14.9. The second kappa shape index (κ2) is 9.34. The Morgan fingerprint density at radius 3 is 2.73 bits per heavy atom. The van der Waals surface area contributed by atoms with E-state index in [9.17, 15) is 18.3 Å². The summed E-state index contributed by atoms with van der Waals surface area (Å²) in [6, 6.07) is 7.61. The van der Waals surface area contributed by atoms with E-state index in [1.165, 1.54) is 6.07 Å². The molecule has 1 amide bonds. The van der Waals surface area contributed by atoms with Crippen molar-refractivity contribution < 1.29 is 23.1 Å². The zero-order valence-corrected chi connectivity index (χ0v) is 18.8. The van der Waals surface area contributed by atoms with Crippen molar-refractivity contribution in [3.8, 4) is 5.75 Å². The largest absolute Gasteiger partial charge is 0.486 e. The molecule has 0 fully saturated rings. The fraction of sp³-hybridized carbons (Fsp3) is 0.450. The highest BCUT2D eigenvalue weighted by Gasteiger charge is 2.34. The molecule has 1 aromatic carbocycles. The van der Waals surface area contributed by atoms with Crippen molar-refractivity contribution in [2.24, 2.45) is 5.92 Å². The number of sulfonamides is 1. The van der Waals surface area contributed by atoms with Crippen LogP contribution in [0.15, 0.2) is 39.9 Å². The van der Waals surface area contributed by atoms with Gasteiger partial charge in [0.25, 0.3) is 15.9 Å². The molecule has 1 aromatic heterocycles. The Morgan fingerprint density at radius 2 is 2.10 bits per heavy atom. The summed E-state index contributed by atoms with van der Waals surface area (Å²) < 4.78 is 34.5. The van der Waals surface area contributed by atoms with Crippen LogP contribution in [0, 0.1) is 5.92 Å². The van der Waals surface area contributed by atoms with Gasteiger partial charge in [0, 0.05) is 19.0 Å². The number of para-hydroxylation sites is 1. The first-order valence-corrected chi connectivity index (χ1v) is 12.1. The first-order valence-electron chi connectivity index (χ1n) is 9.71. The van der Waals surface area contributed by atoms with Crippen LogP contribution in [0.1, 0.15) is 24.2 Å². The number of carbonyl (C=O) groups is 1. The monoisotopic (exact) mass is 453 g/mol. The summed E-state index contributed by atoms with van der Waals surface area (Å²) in [6.07, 6.45) is -0.303. The number of nitrogens with one attached hydrogen (secondary N) is 2. The Morgan fingerprint density at radius 1 is 1.33 bits per heavy atom. The minimum Gasteiger partial charge on any atom is -0.486 e. The van der Waals surface area contributed by atoms with Gasteiger partial charge >= 0.3 is 0 Å². The Bertz CT molecular complexity index is 978. The molecule has 8 nitrogen and oxygen atoms in total. The lowest BCUT2D eigenvalue weighted by atomic mass is 9.99. The maximum absolute atomic E-state index is 13.3. The number of likely N-dealkylation sites (N-methyl/N-ethyl adjacent to an activating group) is 1. The first kappa shape index (κ1) is 22.5. The molecule has 30 heavy (non-hydrogen) atoms. The van der Waals surface area contributed by atoms with E-state index in [1.54, 1.807) is 48.5 Å². The molecule has 164 valence electrons. The van der Waals surface area contributed by atoms with Crippen molar-refractivity contribution in [1.29, 1.82) is 0 Å². The summed E-state index contributed by atoms with van der Waals surface area (Å²) in [5.74, 6) is -0.159. The Kier molecular flexibility index (Phi) is 7.02. The van der Waals surface area contributed by atoms with Gasteiger partial charge in [0.1, 0.15) is 10.3 Å². The molecular weight excluding hydrogens is 426 g/mol. The molecule has 3 N–H and O–H groups in total. The van der Waals surface area contributed by atoms with E-state index in [0.717, 1.165) is 11.3 Å². The lowest BCUT2D eigenvalue weighted by Gasteiger charge is -2.37. The number of aliphatic hydroxyl groups is 1. The number of aliphatic hydroxyl groups excluding tert-OH is 1. The molecule has 0 saturated heterocycles. The molecule has 0 bridgehead atoms. The fourth-order valence-corrected chi connectivity index (χ4v) is 5.44. The average Bonchev–Trinajstić information content (AvgIpc) is 3.26. The lowest BCUT2D eigenvalue weighted by Crippen LogP contribution is -2.49. The zero-order chi connectivity index (χ0) is 21.9. The van der Waals surface area contributed by atoms with Gasteiger partial charge in [-0.25, -0.2) is 8.42 Å². The lowest BCUT2D eigenvalue weighted by molar-refractivity contribution is 0.0417. The minimum atomic E-state index is -3.81. The first-order chi connectivity index (χ1) is 14.3. The number of benzene rings is 1. The molecule has 2 aromatic rings. The molecule has 3 rings (SSSR count). The second-order valence-electron chi connectivity index (χ2n) is 7.40. The summed E-state index contributed by atoms with van der Waals surface area (Å²) in [5.41, 5.74) is 0.468. The van der Waals surface area contributed by atoms with Crippen molar-refractivity contribution >= 4 is 33.0 Å². The zero-order valence-electron chi connectivity index (χ0n) is 17.2. The van der Waals surface area contributed by atoms with Crippen LogP contribution in [0.5, 0.6) is 5.75 Å². The van der Waals surface area contributed by atoms with E-state index in [2.05, 4.69) is 10.0 Å². The maximum Gasteiger partial charge on any atom is 0.271 e. The average molecular weight is 454 g/mol. The van der Waals surface area contributed by atoms with Crippen molar-refractivity contribution in [1.82, 2.24) is 10.2 Å². The van der Waals surface area contributed by atoms with Crippen LogP contribution in [0.25, 0.3) is 0 Å². The molecule has 3 atom stereocenters. The smallest absolute Gasteiger partial charge is 0.271 e. The van der Waals surface area contributed by atoms with Crippen LogP contribution in [0.2, 0.25) is 0 Å². The third-order valence-corrected chi connectivity index (χ3v) is 7.86. The van der Waals surface area contributed by atoms with E-state index >= 15 is 0 Å². The molecule has 0 unspecified atom stereocenters. The summed E-state index contributed by atoms with van der Waals surface area (Å²) in [6.45, 7) is 4.51. The van der Waals surface area contributed by atoms with Gasteiger partial charge in [-0.2, -0.15) is 0 Å². The Labute approximate surface area is 180 Å². The van der Waals surface area contributed by atoms with Gasteiger partial charge in [-0.3, -0.25) is 9.52 Å². The minimum absolute atomic E-state index is 0.0505. The molecule has 0 spiro atoms. The van der Waals surface area contributed by atoms with Crippen LogP contribution < -0.4 is 14.8 Å². The molecule has 0 saturated carbocycles. The number of carbonyl (C=O) groups excluding carboxylic acids is 1. The number of amides is 1. The highest BCUT2D eigenvalue weighted by Crippen LogP contribution is 2.36. The van der Waals surface area contributed by atoms with Crippen LogP contribution in [0.3, 0.4) is 0 Å². The number of rotatable bonds is 7. The molecular formula is C20H27N3O5S2. The van der Waals surface area contributed by atoms with Crippen LogP contribution in [-0.2, 0) is 10.0 Å². The standard InChI is InChI=1S/C20H27N3O5S2/c1-13-11-23(14(2)12-24)20(25)15-6-4-7-16(19(15)28-17(13)10-21-3)22-30(26,27)18-8-5-9-29-18/h4-9,13-14,17,21-22,24H,10-12H2,1-3H3/t13-,14+,17+/m0/s1. The molecule has 10 heteroatoms. The normalized spacial score (nSPS) is 20.7. The van der Waals surface area contributed by atoms with Crippen molar-refractivity contribution in [3.63, 3.8) is 0 Å². The number of anilines is 1. The third kappa shape index (κ3) is 4.61. The molecule has 0 radical (unpaired) electrons. The number of nitrogens with zero attached hydrogens (tertiary/aromatic N) is 1. The van der Waals surface area contributed by atoms with E-state index in [0.29, 0.717) is 13.1 Å². The Hall–Kier alpha value is -2.14. The van der Waals surface area contributed by atoms with Gasteiger partial charge in [-0.05, 0) is 37.6 Å². The van der Waals surface area contributed by atoms with Gasteiger partial charge in [-0.1, -0.05) is 19.1 Å². The Balaban J connectivity index is 2.08. The summed E-state index contributed by atoms with van der Waals surface area (Å²) in [7, 11) is -2.01. The number of hydrogen-bond acceptors (Lipinski definition) is 7. The fourth-order valence-electron chi connectivity index (χ4n) is 3.38. The predicted octanol–water partition coefficient (Wildman–Crippen LogP) is 1.99. The summed E-state index contributed by atoms with van der Waals surface area (Å²) in [5, 5.41) is 14.4. The van der Waals surface area contributed by atoms with Gasteiger partial charge in [0.15, 0.2) is 5.75 Å². The van der Waals surface area contributed by atoms with Crippen LogP contribution in [0.4, 0.5) is 5.69 Å². The SMILES string of the molecule is CNC[C@H]1Oc2c(NS(=O)(=O)c3cccs3)cccc2C(=O)N([C@H](C)CO)C[C@@H]1C. The van der Waals surface area contributed by atoms with E-state index in [1.807, 2.05) is 6.92 Å². The maximum atomic E-state index is 13.3. The van der Waals surface area contributed by atoms with Gasteiger partial charge in [-0.15, -0.1) is 11.3 Å². The summed E-state index contributed by atoms with van der Waals surface area (Å²) >= 11 is 1.11. The number of fused-ring (bicyclic) bond motifs is 1. The van der Waals surface area contributed by atoms with E-state index in [4.69, 9.17) is 4.74 Å². The number of thiophene rings is 1. The molecule has 1 aliphatic rings. The third-order valence-electron chi connectivity index (χ3n) is 5.10. The highest BCUT2D eigenvalue weighted by molar-refractivity contribution is 7.94. The second-order valence-corrected chi connectivity index (χ2v) is 10.3. The number of ether oxygens (including phenoxy) is 1. The topological polar surface area (TPSA) is 108 Å². The molecule has 2 heterocycles. The predicted molar refractivity (Wildman–Crippen MR) is 117 cm³/mol. The van der Waals surface area contributed by atoms with Crippen LogP contribution >= 0.6 is 11.3 Å². The quantitative estimate of drug-likeness (QED) is 0.592. The highest BCUT2D eigenvalue weighted by atomic mass is 32.2. The van der Waals surface area contributed by atoms with Crippen molar-refractivity contribution in [2.75, 3.05) is 31.5 Å². The van der Waals surface area contributed by atoms with Gasteiger partial charge in [0.05, 0.1) is 23.9 Å². The van der Waals surface area contributed by atoms with E-state index < -0.39 is 10.0 Å². The molecule has 0 aliphatic carbocycles. The van der Waals surface area contributed by atoms with Gasteiger partial charge < -0.3 is 20.1 Å². The van der Waals surface area contributed by atoms with Crippen molar-refractivity contribution in [3.05, 3.63) is 41.3 Å². The van der Waals surface area contributed by atoms with Gasteiger partial charge in [0.2, 0.25) is 0 Å². The van der Waals surface area contributed by atoms with Crippen molar-refractivity contribution in [2.45, 2.75) is 30.2 Å².